The number of anilines is 1. The van der Waals surface area contributed by atoms with Crippen LogP contribution in [0.3, 0.4) is 0 Å². The Labute approximate surface area is 181 Å². The Morgan fingerprint density at radius 2 is 1.90 bits per heavy atom. The second kappa shape index (κ2) is 8.49. The molecule has 0 aliphatic carbocycles. The molecule has 10 heteroatoms. The zero-order valence-corrected chi connectivity index (χ0v) is 18.6. The highest BCUT2D eigenvalue weighted by atomic mass is 79.9. The van der Waals surface area contributed by atoms with Crippen LogP contribution in [0.5, 0.6) is 0 Å². The monoisotopic (exact) mass is 494 g/mol. The third-order valence-corrected chi connectivity index (χ3v) is 8.75. The van der Waals surface area contributed by atoms with Crippen molar-refractivity contribution in [2.24, 2.45) is 0 Å². The van der Waals surface area contributed by atoms with E-state index in [4.69, 9.17) is 0 Å². The van der Waals surface area contributed by atoms with E-state index in [0.29, 0.717) is 30.4 Å². The maximum Gasteiger partial charge on any atom is 0.252 e. The molecular formula is C19H19BrN4O3S2. The molecule has 0 saturated carbocycles. The average molecular weight is 495 g/mol. The van der Waals surface area contributed by atoms with Gasteiger partial charge in [0, 0.05) is 37.8 Å². The number of halogens is 1. The molecule has 0 spiro atoms. The lowest BCUT2D eigenvalue weighted by Gasteiger charge is -2.33. The van der Waals surface area contributed by atoms with Crippen molar-refractivity contribution >= 4 is 59.8 Å². The molecule has 4 rings (SSSR count). The molecule has 1 amide bonds. The van der Waals surface area contributed by atoms with Gasteiger partial charge in [0.15, 0.2) is 0 Å². The number of fused-ring (bicyclic) bond motifs is 1. The fourth-order valence-corrected chi connectivity index (χ4v) is 6.88. The summed E-state index contributed by atoms with van der Waals surface area (Å²) in [5, 5.41) is 3.84. The van der Waals surface area contributed by atoms with Crippen LogP contribution in [0.2, 0.25) is 0 Å². The molecule has 1 aromatic carbocycles. The number of aromatic nitrogens is 1. The lowest BCUT2D eigenvalue weighted by molar-refractivity contribution is -0.117. The van der Waals surface area contributed by atoms with Gasteiger partial charge in [-0.3, -0.25) is 14.7 Å². The van der Waals surface area contributed by atoms with Crippen molar-refractivity contribution < 1.29 is 13.2 Å². The van der Waals surface area contributed by atoms with Gasteiger partial charge in [-0.15, -0.1) is 11.3 Å². The number of pyridine rings is 1. The van der Waals surface area contributed by atoms with Crippen molar-refractivity contribution in [1.29, 1.82) is 0 Å². The molecule has 0 radical (unpaired) electrons. The fraction of sp³-hybridized carbons (Fsp3) is 0.263. The number of nitrogens with one attached hydrogen (secondary N) is 1. The molecule has 2 aromatic heterocycles. The average Bonchev–Trinajstić information content (AvgIpc) is 3.16. The van der Waals surface area contributed by atoms with Crippen LogP contribution in [0.4, 0.5) is 5.69 Å². The number of hydrogen-bond donors (Lipinski definition) is 1. The predicted octanol–water partition coefficient (Wildman–Crippen LogP) is 3.00. The zero-order chi connectivity index (χ0) is 20.4. The second-order valence-electron chi connectivity index (χ2n) is 6.66. The van der Waals surface area contributed by atoms with Gasteiger partial charge >= 0.3 is 0 Å². The van der Waals surface area contributed by atoms with Crippen LogP contribution in [-0.4, -0.2) is 61.2 Å². The van der Waals surface area contributed by atoms with Crippen molar-refractivity contribution in [3.05, 3.63) is 52.4 Å². The molecule has 152 valence electrons. The van der Waals surface area contributed by atoms with Crippen molar-refractivity contribution in [3.63, 3.8) is 0 Å². The highest BCUT2D eigenvalue weighted by Crippen LogP contribution is 2.29. The minimum atomic E-state index is -3.48. The maximum atomic E-state index is 12.7. The number of rotatable bonds is 5. The highest BCUT2D eigenvalue weighted by molar-refractivity contribution is 9.11. The first-order valence-electron chi connectivity index (χ1n) is 9.05. The van der Waals surface area contributed by atoms with Gasteiger partial charge in [-0.05, 0) is 52.3 Å². The Balaban J connectivity index is 1.35. The first kappa shape index (κ1) is 20.4. The number of sulfonamides is 1. The van der Waals surface area contributed by atoms with E-state index in [-0.39, 0.29) is 12.5 Å². The number of hydrogen-bond acceptors (Lipinski definition) is 6. The summed E-state index contributed by atoms with van der Waals surface area (Å²) in [5.74, 6) is -0.125. The first-order chi connectivity index (χ1) is 13.9. The number of amides is 1. The summed E-state index contributed by atoms with van der Waals surface area (Å²) < 4.78 is 28.0. The summed E-state index contributed by atoms with van der Waals surface area (Å²) in [7, 11) is -3.48. The van der Waals surface area contributed by atoms with Gasteiger partial charge in [0.25, 0.3) is 10.0 Å². The lowest BCUT2D eigenvalue weighted by Crippen LogP contribution is -2.50. The van der Waals surface area contributed by atoms with Crippen LogP contribution in [0.1, 0.15) is 0 Å². The predicted molar refractivity (Wildman–Crippen MR) is 118 cm³/mol. The molecule has 1 N–H and O–H groups in total. The molecule has 1 aliphatic rings. The van der Waals surface area contributed by atoms with E-state index in [0.717, 1.165) is 20.4 Å². The largest absolute Gasteiger partial charge is 0.324 e. The second-order valence-corrected chi connectivity index (χ2v) is 11.3. The Kier molecular flexibility index (Phi) is 5.98. The van der Waals surface area contributed by atoms with Crippen LogP contribution in [-0.2, 0) is 14.8 Å². The number of carbonyl (C=O) groups is 1. The Bertz CT molecular complexity index is 1140. The topological polar surface area (TPSA) is 82.6 Å². The van der Waals surface area contributed by atoms with Crippen LogP contribution >= 0.6 is 27.3 Å². The molecule has 1 saturated heterocycles. The minimum absolute atomic E-state index is 0.125. The number of carbonyl (C=O) groups excluding carboxylic acids is 1. The molecule has 29 heavy (non-hydrogen) atoms. The molecule has 1 fully saturated rings. The van der Waals surface area contributed by atoms with Crippen molar-refractivity contribution in [3.8, 4) is 0 Å². The SMILES string of the molecule is O=C(CN1CCN(S(=O)(=O)c2ccc(Br)s2)CC1)Nc1cccc2ncccc12. The molecule has 0 atom stereocenters. The Morgan fingerprint density at radius 1 is 1.10 bits per heavy atom. The van der Waals surface area contributed by atoms with Crippen LogP contribution in [0.25, 0.3) is 10.9 Å². The summed E-state index contributed by atoms with van der Waals surface area (Å²) >= 11 is 4.51. The maximum absolute atomic E-state index is 12.7. The highest BCUT2D eigenvalue weighted by Gasteiger charge is 2.30. The quantitative estimate of drug-likeness (QED) is 0.589. The lowest BCUT2D eigenvalue weighted by atomic mass is 10.2. The van der Waals surface area contributed by atoms with Crippen LogP contribution in [0.15, 0.2) is 56.7 Å². The summed E-state index contributed by atoms with van der Waals surface area (Å²) in [5.41, 5.74) is 1.55. The fourth-order valence-electron chi connectivity index (χ4n) is 3.30. The third kappa shape index (κ3) is 4.51. The number of thiophene rings is 1. The summed E-state index contributed by atoms with van der Waals surface area (Å²) in [6.07, 6.45) is 1.72. The van der Waals surface area contributed by atoms with Crippen LogP contribution in [0, 0.1) is 0 Å². The molecule has 7 nitrogen and oxygen atoms in total. The Morgan fingerprint density at radius 3 is 2.62 bits per heavy atom. The van der Waals surface area contributed by atoms with E-state index >= 15 is 0 Å². The number of benzene rings is 1. The van der Waals surface area contributed by atoms with E-state index in [1.807, 2.05) is 35.2 Å². The molecule has 0 unspecified atom stereocenters. The number of nitrogens with zero attached hydrogens (tertiary/aromatic N) is 3. The summed E-state index contributed by atoms with van der Waals surface area (Å²) in [6, 6.07) is 12.7. The van der Waals surface area contributed by atoms with Gasteiger partial charge in [-0.1, -0.05) is 6.07 Å². The molecule has 0 bridgehead atoms. The van der Waals surface area contributed by atoms with E-state index in [1.54, 1.807) is 18.3 Å². The van der Waals surface area contributed by atoms with E-state index in [9.17, 15) is 13.2 Å². The van der Waals surface area contributed by atoms with E-state index < -0.39 is 10.0 Å². The smallest absolute Gasteiger partial charge is 0.252 e. The normalized spacial score (nSPS) is 16.2. The molecule has 1 aliphatic heterocycles. The standard InChI is InChI=1S/C19H19BrN4O3S2/c20-17-6-7-19(28-17)29(26,27)24-11-9-23(10-12-24)13-18(25)22-16-5-1-4-15-14(16)3-2-8-21-15/h1-8H,9-13H2,(H,22,25). The zero-order valence-electron chi connectivity index (χ0n) is 15.4. The van der Waals surface area contributed by atoms with E-state index in [1.165, 1.54) is 15.6 Å². The van der Waals surface area contributed by atoms with Crippen LogP contribution < -0.4 is 5.32 Å². The molecule has 3 aromatic rings. The van der Waals surface area contributed by atoms with Gasteiger partial charge in [-0.2, -0.15) is 4.31 Å². The van der Waals surface area contributed by atoms with Gasteiger partial charge in [0.2, 0.25) is 5.91 Å². The number of piperazine rings is 1. The van der Waals surface area contributed by atoms with Crippen molar-refractivity contribution in [1.82, 2.24) is 14.2 Å². The Hall–Kier alpha value is -1.85. The first-order valence-corrected chi connectivity index (χ1v) is 12.1. The third-order valence-electron chi connectivity index (χ3n) is 4.76. The van der Waals surface area contributed by atoms with Gasteiger partial charge in [-0.25, -0.2) is 8.42 Å². The van der Waals surface area contributed by atoms with Crippen molar-refractivity contribution in [2.75, 3.05) is 38.0 Å². The van der Waals surface area contributed by atoms with Gasteiger partial charge < -0.3 is 5.32 Å². The van der Waals surface area contributed by atoms with Gasteiger partial charge in [0.05, 0.1) is 21.5 Å². The minimum Gasteiger partial charge on any atom is -0.324 e. The molecular weight excluding hydrogens is 476 g/mol. The summed E-state index contributed by atoms with van der Waals surface area (Å²) in [6.45, 7) is 1.97. The molecule has 3 heterocycles. The van der Waals surface area contributed by atoms with Gasteiger partial charge in [0.1, 0.15) is 4.21 Å². The van der Waals surface area contributed by atoms with E-state index in [2.05, 4.69) is 26.2 Å². The summed E-state index contributed by atoms with van der Waals surface area (Å²) in [4.78, 5) is 18.8. The van der Waals surface area contributed by atoms with Crippen molar-refractivity contribution in [2.45, 2.75) is 4.21 Å².